The summed E-state index contributed by atoms with van der Waals surface area (Å²) in [7, 11) is 1.69. The molecule has 0 saturated heterocycles. The first-order valence-corrected chi connectivity index (χ1v) is 5.73. The number of halogens is 1. The van der Waals surface area contributed by atoms with Gasteiger partial charge in [-0.2, -0.15) is 0 Å². The number of methoxy groups -OCH3 is 1. The van der Waals surface area contributed by atoms with E-state index in [2.05, 4.69) is 12.2 Å². The summed E-state index contributed by atoms with van der Waals surface area (Å²) >= 11 is 0. The van der Waals surface area contributed by atoms with Crippen LogP contribution < -0.4 is 5.32 Å². The normalized spacial score (nSPS) is 23.4. The summed E-state index contributed by atoms with van der Waals surface area (Å²) < 4.78 is 18.2. The molecule has 3 heteroatoms. The van der Waals surface area contributed by atoms with E-state index in [1.54, 1.807) is 19.2 Å². The number of benzene rings is 1. The molecule has 2 rings (SSSR count). The van der Waals surface area contributed by atoms with Gasteiger partial charge in [-0.05, 0) is 35.6 Å². The van der Waals surface area contributed by atoms with Gasteiger partial charge in [-0.1, -0.05) is 13.0 Å². The monoisotopic (exact) mass is 223 g/mol. The van der Waals surface area contributed by atoms with Gasteiger partial charge in [0.1, 0.15) is 5.82 Å². The van der Waals surface area contributed by atoms with Crippen molar-refractivity contribution in [3.05, 3.63) is 35.1 Å². The van der Waals surface area contributed by atoms with Gasteiger partial charge >= 0.3 is 0 Å². The molecule has 0 aromatic heterocycles. The molecule has 2 nitrogen and oxygen atoms in total. The maximum Gasteiger partial charge on any atom is 0.123 e. The number of fused-ring (bicyclic) bond motifs is 1. The Kier molecular flexibility index (Phi) is 3.56. The summed E-state index contributed by atoms with van der Waals surface area (Å²) in [6.07, 6.45) is 1.03. The standard InChI is InChI=1S/C13H18FNO/c1-9-7-10-3-4-11(14)8-12(10)13(9)15-5-6-16-2/h3-4,8-9,13,15H,5-7H2,1-2H3. The Labute approximate surface area is 95.8 Å². The third kappa shape index (κ3) is 2.25. The Morgan fingerprint density at radius 1 is 1.50 bits per heavy atom. The van der Waals surface area contributed by atoms with Crippen LogP contribution in [0.2, 0.25) is 0 Å². The largest absolute Gasteiger partial charge is 0.383 e. The van der Waals surface area contributed by atoms with E-state index >= 15 is 0 Å². The molecule has 0 amide bonds. The molecule has 0 spiro atoms. The smallest absolute Gasteiger partial charge is 0.123 e. The zero-order chi connectivity index (χ0) is 11.5. The molecule has 0 radical (unpaired) electrons. The quantitative estimate of drug-likeness (QED) is 0.791. The second-order valence-electron chi connectivity index (χ2n) is 4.45. The highest BCUT2D eigenvalue weighted by Crippen LogP contribution is 2.35. The van der Waals surface area contributed by atoms with E-state index < -0.39 is 0 Å². The van der Waals surface area contributed by atoms with Crippen LogP contribution in [0.4, 0.5) is 4.39 Å². The van der Waals surface area contributed by atoms with Crippen molar-refractivity contribution in [3.63, 3.8) is 0 Å². The molecular formula is C13H18FNO. The first-order valence-electron chi connectivity index (χ1n) is 5.73. The molecule has 1 aromatic rings. The van der Waals surface area contributed by atoms with Gasteiger partial charge in [0.2, 0.25) is 0 Å². The molecule has 0 bridgehead atoms. The SMILES string of the molecule is COCCNC1c2cc(F)ccc2CC1C. The lowest BCUT2D eigenvalue weighted by Crippen LogP contribution is -2.27. The minimum atomic E-state index is -0.147. The van der Waals surface area contributed by atoms with Crippen molar-refractivity contribution in [1.29, 1.82) is 0 Å². The van der Waals surface area contributed by atoms with Crippen LogP contribution in [0.3, 0.4) is 0 Å². The Balaban J connectivity index is 2.11. The molecule has 1 aliphatic rings. The molecule has 0 saturated carbocycles. The van der Waals surface area contributed by atoms with E-state index in [0.717, 1.165) is 18.5 Å². The highest BCUT2D eigenvalue weighted by Gasteiger charge is 2.28. The summed E-state index contributed by atoms with van der Waals surface area (Å²) in [5.74, 6) is 0.375. The first-order chi connectivity index (χ1) is 7.72. The fourth-order valence-electron chi connectivity index (χ4n) is 2.44. The molecule has 0 heterocycles. The number of nitrogens with one attached hydrogen (secondary N) is 1. The van der Waals surface area contributed by atoms with Gasteiger partial charge < -0.3 is 10.1 Å². The molecule has 88 valence electrons. The van der Waals surface area contributed by atoms with Gasteiger partial charge in [-0.15, -0.1) is 0 Å². The number of ether oxygens (including phenoxy) is 1. The summed E-state index contributed by atoms with van der Waals surface area (Å²) in [6.45, 7) is 3.69. The van der Waals surface area contributed by atoms with E-state index in [4.69, 9.17) is 4.74 Å². The van der Waals surface area contributed by atoms with Crippen molar-refractivity contribution in [2.24, 2.45) is 5.92 Å². The highest BCUT2D eigenvalue weighted by molar-refractivity contribution is 5.36. The van der Waals surface area contributed by atoms with Gasteiger partial charge in [0.05, 0.1) is 6.61 Å². The van der Waals surface area contributed by atoms with Gasteiger partial charge in [0.25, 0.3) is 0 Å². The molecule has 2 atom stereocenters. The topological polar surface area (TPSA) is 21.3 Å². The van der Waals surface area contributed by atoms with Crippen molar-refractivity contribution in [3.8, 4) is 0 Å². The van der Waals surface area contributed by atoms with Crippen LogP contribution in [0, 0.1) is 11.7 Å². The molecule has 1 N–H and O–H groups in total. The predicted molar refractivity (Wildman–Crippen MR) is 61.9 cm³/mol. The Morgan fingerprint density at radius 3 is 3.06 bits per heavy atom. The second-order valence-corrected chi connectivity index (χ2v) is 4.45. The molecule has 0 fully saturated rings. The van der Waals surface area contributed by atoms with Crippen LogP contribution >= 0.6 is 0 Å². The lowest BCUT2D eigenvalue weighted by molar-refractivity contribution is 0.192. The summed E-state index contributed by atoms with van der Waals surface area (Å²) in [5, 5.41) is 3.42. The minimum Gasteiger partial charge on any atom is -0.383 e. The van der Waals surface area contributed by atoms with Gasteiger partial charge in [0.15, 0.2) is 0 Å². The first kappa shape index (κ1) is 11.6. The number of hydrogen-bond acceptors (Lipinski definition) is 2. The third-order valence-corrected chi connectivity index (χ3v) is 3.22. The molecule has 1 aromatic carbocycles. The van der Waals surface area contributed by atoms with E-state index in [0.29, 0.717) is 12.5 Å². The highest BCUT2D eigenvalue weighted by atomic mass is 19.1. The third-order valence-electron chi connectivity index (χ3n) is 3.22. The Hall–Kier alpha value is -0.930. The Bertz CT molecular complexity index is 367. The van der Waals surface area contributed by atoms with Crippen molar-refractivity contribution in [2.75, 3.05) is 20.3 Å². The summed E-state index contributed by atoms with van der Waals surface area (Å²) in [4.78, 5) is 0. The maximum absolute atomic E-state index is 13.2. The number of rotatable bonds is 4. The average Bonchev–Trinajstić information content (AvgIpc) is 2.56. The van der Waals surface area contributed by atoms with Gasteiger partial charge in [0, 0.05) is 19.7 Å². The van der Waals surface area contributed by atoms with Crippen molar-refractivity contribution < 1.29 is 9.13 Å². The number of hydrogen-bond donors (Lipinski definition) is 1. The zero-order valence-corrected chi connectivity index (χ0v) is 9.79. The van der Waals surface area contributed by atoms with E-state index in [1.165, 1.54) is 5.56 Å². The second kappa shape index (κ2) is 4.93. The van der Waals surface area contributed by atoms with Crippen LogP contribution in [-0.2, 0) is 11.2 Å². The lowest BCUT2D eigenvalue weighted by Gasteiger charge is -2.18. The van der Waals surface area contributed by atoms with Crippen LogP contribution in [0.1, 0.15) is 24.1 Å². The summed E-state index contributed by atoms with van der Waals surface area (Å²) in [5.41, 5.74) is 2.38. The Morgan fingerprint density at radius 2 is 2.31 bits per heavy atom. The molecular weight excluding hydrogens is 205 g/mol. The van der Waals surface area contributed by atoms with Crippen molar-refractivity contribution in [2.45, 2.75) is 19.4 Å². The maximum atomic E-state index is 13.2. The minimum absolute atomic E-state index is 0.147. The molecule has 16 heavy (non-hydrogen) atoms. The summed E-state index contributed by atoms with van der Waals surface area (Å²) in [6, 6.07) is 5.37. The average molecular weight is 223 g/mol. The van der Waals surface area contributed by atoms with E-state index in [1.807, 2.05) is 6.07 Å². The fourth-order valence-corrected chi connectivity index (χ4v) is 2.44. The predicted octanol–water partition coefficient (Wildman–Crippen LogP) is 2.29. The van der Waals surface area contributed by atoms with E-state index in [9.17, 15) is 4.39 Å². The molecule has 0 aliphatic heterocycles. The van der Waals surface area contributed by atoms with Crippen LogP contribution in [0.5, 0.6) is 0 Å². The van der Waals surface area contributed by atoms with E-state index in [-0.39, 0.29) is 11.9 Å². The molecule has 2 unspecified atom stereocenters. The van der Waals surface area contributed by atoms with Crippen LogP contribution in [0.25, 0.3) is 0 Å². The zero-order valence-electron chi connectivity index (χ0n) is 9.79. The molecule has 1 aliphatic carbocycles. The van der Waals surface area contributed by atoms with Crippen molar-refractivity contribution in [1.82, 2.24) is 5.32 Å². The van der Waals surface area contributed by atoms with Crippen molar-refractivity contribution >= 4 is 0 Å². The fraction of sp³-hybridized carbons (Fsp3) is 0.538. The van der Waals surface area contributed by atoms with Crippen LogP contribution in [-0.4, -0.2) is 20.3 Å². The van der Waals surface area contributed by atoms with Crippen LogP contribution in [0.15, 0.2) is 18.2 Å². The van der Waals surface area contributed by atoms with Gasteiger partial charge in [-0.25, -0.2) is 4.39 Å². The lowest BCUT2D eigenvalue weighted by atomic mass is 10.0. The van der Waals surface area contributed by atoms with Gasteiger partial charge in [-0.3, -0.25) is 0 Å².